The van der Waals surface area contributed by atoms with E-state index < -0.39 is 11.9 Å². The average molecular weight is 581 g/mol. The van der Waals surface area contributed by atoms with Gasteiger partial charge >= 0.3 is 29.6 Å². The summed E-state index contributed by atoms with van der Waals surface area (Å²) in [6, 6.07) is 15.0. The number of nitrogens with zero attached hydrogens (tertiary/aromatic N) is 2. The summed E-state index contributed by atoms with van der Waals surface area (Å²) in [7, 11) is 0. The molecule has 7 heteroatoms. The van der Waals surface area contributed by atoms with E-state index in [0.717, 1.165) is 71.5 Å². The third-order valence-corrected chi connectivity index (χ3v) is 8.93. The molecule has 218 valence electrons. The predicted octanol–water partition coefficient (Wildman–Crippen LogP) is 3.76. The standard InChI is InChI=1S/C35H43FN2O3.Na/c1-20(2)38(21(3)4)19-28-16-26(30-15-22(5)37-18-31(30)36)11-13-29(28)32-14-12-24-7-10-27(17-33(24)41-32)34(25-8-9-25)23(6)35(39)40;/h7,10-11,13,15-18,20-21,23,25,32,34H,8-9,12,14,19H2,1-6H3,(H,39,40);/q;+1/p-1/t23-,32?,34-;/m0./s1. The van der Waals surface area contributed by atoms with Crippen LogP contribution in [0.2, 0.25) is 0 Å². The van der Waals surface area contributed by atoms with Crippen molar-refractivity contribution in [1.82, 2.24) is 9.88 Å². The van der Waals surface area contributed by atoms with E-state index in [9.17, 15) is 14.3 Å². The molecule has 1 fully saturated rings. The van der Waals surface area contributed by atoms with E-state index in [1.807, 2.05) is 13.0 Å². The Kier molecular flexibility index (Phi) is 10.6. The van der Waals surface area contributed by atoms with Crippen LogP contribution < -0.4 is 39.4 Å². The summed E-state index contributed by atoms with van der Waals surface area (Å²) < 4.78 is 21.6. The van der Waals surface area contributed by atoms with Crippen LogP contribution in [0.5, 0.6) is 5.75 Å². The molecule has 2 aliphatic rings. The van der Waals surface area contributed by atoms with Gasteiger partial charge in [-0.2, -0.15) is 0 Å². The van der Waals surface area contributed by atoms with Crippen molar-refractivity contribution in [3.8, 4) is 16.9 Å². The molecule has 5 nitrogen and oxygen atoms in total. The first-order chi connectivity index (χ1) is 19.5. The zero-order valence-corrected chi connectivity index (χ0v) is 28.1. The Morgan fingerprint density at radius 3 is 2.40 bits per heavy atom. The number of carboxylic acids is 1. The summed E-state index contributed by atoms with van der Waals surface area (Å²) >= 11 is 0. The SMILES string of the molecule is Cc1cc(-c2ccc(C3CCc4ccc([C@H](C5CC5)[C@H](C)C(=O)[O-])cc4O3)c(CN(C(C)C)C(C)C)c2)c(F)cn1.[Na+]. The zero-order valence-electron chi connectivity index (χ0n) is 26.1. The van der Waals surface area contributed by atoms with Crippen molar-refractivity contribution >= 4 is 5.97 Å². The molecule has 2 heterocycles. The van der Waals surface area contributed by atoms with Crippen LogP contribution in [-0.4, -0.2) is 27.9 Å². The van der Waals surface area contributed by atoms with E-state index in [1.54, 1.807) is 13.0 Å². The second-order valence-corrected chi connectivity index (χ2v) is 12.6. The number of aliphatic carboxylic acids is 1. The molecule has 0 spiro atoms. The van der Waals surface area contributed by atoms with Crippen molar-refractivity contribution in [1.29, 1.82) is 0 Å². The molecule has 1 saturated carbocycles. The Morgan fingerprint density at radius 2 is 1.76 bits per heavy atom. The number of fused-ring (bicyclic) bond motifs is 1. The van der Waals surface area contributed by atoms with Gasteiger partial charge in [0.25, 0.3) is 0 Å². The van der Waals surface area contributed by atoms with Crippen LogP contribution >= 0.6 is 0 Å². The van der Waals surface area contributed by atoms with Gasteiger partial charge in [0.15, 0.2) is 0 Å². The molecular formula is C35H42FN2NaO3. The van der Waals surface area contributed by atoms with Crippen LogP contribution in [0, 0.1) is 24.6 Å². The van der Waals surface area contributed by atoms with Crippen molar-refractivity contribution < 1.29 is 48.6 Å². The number of rotatable bonds is 10. The molecule has 0 radical (unpaired) electrons. The van der Waals surface area contributed by atoms with Gasteiger partial charge in [0, 0.05) is 41.8 Å². The molecule has 0 amide bonds. The van der Waals surface area contributed by atoms with Crippen molar-refractivity contribution in [3.05, 3.63) is 82.4 Å². The number of hydrogen-bond acceptors (Lipinski definition) is 5. The van der Waals surface area contributed by atoms with Crippen LogP contribution in [0.3, 0.4) is 0 Å². The fourth-order valence-electron chi connectivity index (χ4n) is 6.53. The van der Waals surface area contributed by atoms with Crippen LogP contribution in [-0.2, 0) is 17.8 Å². The van der Waals surface area contributed by atoms with Crippen LogP contribution in [0.4, 0.5) is 4.39 Å². The van der Waals surface area contributed by atoms with Crippen molar-refractivity contribution in [2.75, 3.05) is 0 Å². The smallest absolute Gasteiger partial charge is 0.550 e. The monoisotopic (exact) mass is 580 g/mol. The molecule has 1 unspecified atom stereocenters. The molecule has 0 saturated heterocycles. The maximum atomic E-state index is 14.9. The summed E-state index contributed by atoms with van der Waals surface area (Å²) in [6.07, 6.45) is 4.97. The van der Waals surface area contributed by atoms with Gasteiger partial charge in [-0.25, -0.2) is 4.39 Å². The summed E-state index contributed by atoms with van der Waals surface area (Å²) in [5.74, 6) is -0.711. The van der Waals surface area contributed by atoms with Crippen LogP contribution in [0.15, 0.2) is 48.7 Å². The summed E-state index contributed by atoms with van der Waals surface area (Å²) in [6.45, 7) is 13.2. The number of benzene rings is 2. The first-order valence-corrected chi connectivity index (χ1v) is 15.0. The van der Waals surface area contributed by atoms with Crippen molar-refractivity contribution in [3.63, 3.8) is 0 Å². The van der Waals surface area contributed by atoms with Gasteiger partial charge in [0.05, 0.1) is 6.20 Å². The molecule has 1 aromatic heterocycles. The normalized spacial score (nSPS) is 17.9. The number of carbonyl (C=O) groups is 1. The third-order valence-electron chi connectivity index (χ3n) is 8.93. The van der Waals surface area contributed by atoms with Gasteiger partial charge in [-0.1, -0.05) is 31.2 Å². The summed E-state index contributed by atoms with van der Waals surface area (Å²) in [4.78, 5) is 18.3. The van der Waals surface area contributed by atoms with E-state index in [-0.39, 0.29) is 47.4 Å². The van der Waals surface area contributed by atoms with Crippen LogP contribution in [0.1, 0.15) is 93.9 Å². The Labute approximate surface area is 272 Å². The maximum Gasteiger partial charge on any atom is 1.00 e. The fourth-order valence-corrected chi connectivity index (χ4v) is 6.53. The minimum absolute atomic E-state index is 0. The second kappa shape index (κ2) is 13.6. The number of aromatic nitrogens is 1. The van der Waals surface area contributed by atoms with Crippen molar-refractivity contribution in [2.45, 2.75) is 97.9 Å². The van der Waals surface area contributed by atoms with Gasteiger partial charge in [-0.15, -0.1) is 0 Å². The van der Waals surface area contributed by atoms with E-state index >= 15 is 0 Å². The molecule has 0 N–H and O–H groups in total. The average Bonchev–Trinajstić information content (AvgIpc) is 3.77. The predicted molar refractivity (Wildman–Crippen MR) is 158 cm³/mol. The molecule has 42 heavy (non-hydrogen) atoms. The minimum Gasteiger partial charge on any atom is -0.550 e. The van der Waals surface area contributed by atoms with Gasteiger partial charge in [-0.3, -0.25) is 9.88 Å². The first kappa shape index (κ1) is 32.7. The fraction of sp³-hybridized carbons (Fsp3) is 0.486. The van der Waals surface area contributed by atoms with E-state index in [4.69, 9.17) is 4.74 Å². The minimum atomic E-state index is -0.996. The Hall–Kier alpha value is -2.25. The van der Waals surface area contributed by atoms with Gasteiger partial charge < -0.3 is 14.6 Å². The van der Waals surface area contributed by atoms with E-state index in [0.29, 0.717) is 23.6 Å². The number of carboxylic acid groups (broad SMARTS) is 1. The quantitative estimate of drug-likeness (QED) is 0.342. The number of ether oxygens (including phenoxy) is 1. The molecule has 5 rings (SSSR count). The van der Waals surface area contributed by atoms with E-state index in [1.165, 1.54) is 6.20 Å². The topological polar surface area (TPSA) is 65.5 Å². The van der Waals surface area contributed by atoms with Crippen molar-refractivity contribution in [2.24, 2.45) is 11.8 Å². The third kappa shape index (κ3) is 7.10. The number of carbonyl (C=O) groups excluding carboxylic acids is 1. The Bertz CT molecular complexity index is 1410. The zero-order chi connectivity index (χ0) is 29.4. The van der Waals surface area contributed by atoms with Gasteiger partial charge in [-0.05, 0) is 118 Å². The molecule has 2 aromatic carbocycles. The van der Waals surface area contributed by atoms with E-state index in [2.05, 4.69) is 67.9 Å². The molecule has 3 atom stereocenters. The first-order valence-electron chi connectivity index (χ1n) is 15.0. The number of pyridine rings is 1. The summed E-state index contributed by atoms with van der Waals surface area (Å²) in [5.41, 5.74) is 6.58. The Balaban J connectivity index is 0.00000405. The van der Waals surface area contributed by atoms with Gasteiger partial charge in [0.1, 0.15) is 17.7 Å². The molecule has 1 aliphatic heterocycles. The summed E-state index contributed by atoms with van der Waals surface area (Å²) in [5, 5.41) is 11.8. The van der Waals surface area contributed by atoms with Crippen LogP contribution in [0.25, 0.3) is 11.1 Å². The molecular weight excluding hydrogens is 538 g/mol. The second-order valence-electron chi connectivity index (χ2n) is 12.6. The number of hydrogen-bond donors (Lipinski definition) is 0. The van der Waals surface area contributed by atoms with Gasteiger partial charge in [0.2, 0.25) is 0 Å². The molecule has 3 aromatic rings. The Morgan fingerprint density at radius 1 is 1.05 bits per heavy atom. The largest absolute Gasteiger partial charge is 1.00 e. The number of aryl methyl sites for hydroxylation is 2. The maximum absolute atomic E-state index is 14.9. The number of halogens is 1. The molecule has 1 aliphatic carbocycles. The molecule has 0 bridgehead atoms.